The molecule has 0 amide bonds. The van der Waals surface area contributed by atoms with Crippen molar-refractivity contribution in [1.82, 2.24) is 9.47 Å². The van der Waals surface area contributed by atoms with E-state index in [1.807, 2.05) is 11.0 Å². The molecule has 2 rings (SSSR count). The first-order chi connectivity index (χ1) is 7.72. The highest BCUT2D eigenvalue weighted by Crippen LogP contribution is 2.15. The summed E-state index contributed by atoms with van der Waals surface area (Å²) in [5, 5.41) is 0. The van der Waals surface area contributed by atoms with Gasteiger partial charge in [-0.3, -0.25) is 4.79 Å². The van der Waals surface area contributed by atoms with Gasteiger partial charge in [0.2, 0.25) is 0 Å². The monoisotopic (exact) mass is 214 g/mol. The van der Waals surface area contributed by atoms with Crippen LogP contribution in [-0.2, 0) is 6.54 Å². The molecule has 1 aromatic heterocycles. The molecule has 0 atom stereocenters. The van der Waals surface area contributed by atoms with Gasteiger partial charge >= 0.3 is 0 Å². The molecule has 3 heteroatoms. The second-order valence-electron chi connectivity index (χ2n) is 3.91. The number of rotatable bonds is 0. The molecular formula is C13H14N2O. The first-order valence-electron chi connectivity index (χ1n) is 5.31. The fourth-order valence-corrected chi connectivity index (χ4v) is 1.98. The van der Waals surface area contributed by atoms with Crippen LogP contribution in [0.15, 0.2) is 29.6 Å². The molecule has 3 nitrogen and oxygen atoms in total. The summed E-state index contributed by atoms with van der Waals surface area (Å²) in [5.41, 5.74) is 1.83. The molecular weight excluding hydrogens is 200 g/mol. The van der Waals surface area contributed by atoms with Gasteiger partial charge in [0.05, 0.1) is 6.54 Å². The summed E-state index contributed by atoms with van der Waals surface area (Å²) in [5.74, 6) is 0. The van der Waals surface area contributed by atoms with Crippen LogP contribution < -0.4 is 5.56 Å². The molecule has 0 aromatic carbocycles. The SMILES string of the molecule is C#CN1CCCn2c(cccc2=O)C(=C)C1. The Bertz CT molecular complexity index is 507. The van der Waals surface area contributed by atoms with Crippen molar-refractivity contribution >= 4 is 5.57 Å². The summed E-state index contributed by atoms with van der Waals surface area (Å²) in [7, 11) is 0. The highest BCUT2D eigenvalue weighted by molar-refractivity contribution is 5.62. The summed E-state index contributed by atoms with van der Waals surface area (Å²) >= 11 is 0. The maximum Gasteiger partial charge on any atom is 0.250 e. The fraction of sp³-hybridized carbons (Fsp3) is 0.308. The van der Waals surface area contributed by atoms with Crippen LogP contribution in [0.4, 0.5) is 0 Å². The van der Waals surface area contributed by atoms with Crippen molar-refractivity contribution in [3.8, 4) is 12.5 Å². The maximum atomic E-state index is 11.7. The standard InChI is InChI=1S/C13H14N2O/c1-3-14-8-5-9-15-12(11(2)10-14)6-4-7-13(15)16/h1,4,6-7H,2,5,8-10H2. The number of aromatic nitrogens is 1. The molecule has 0 aliphatic carbocycles. The predicted octanol–water partition coefficient (Wildman–Crippen LogP) is 1.16. The third kappa shape index (κ3) is 1.87. The van der Waals surface area contributed by atoms with Crippen LogP contribution in [-0.4, -0.2) is 22.6 Å². The summed E-state index contributed by atoms with van der Waals surface area (Å²) in [6.45, 7) is 6.13. The minimum atomic E-state index is 0.0350. The van der Waals surface area contributed by atoms with E-state index in [2.05, 4.69) is 12.6 Å². The predicted molar refractivity (Wildman–Crippen MR) is 64.8 cm³/mol. The molecule has 0 N–H and O–H groups in total. The molecule has 0 fully saturated rings. The molecule has 0 spiro atoms. The molecule has 82 valence electrons. The van der Waals surface area contributed by atoms with E-state index in [0.717, 1.165) is 24.2 Å². The molecule has 1 aliphatic heterocycles. The number of hydrogen-bond acceptors (Lipinski definition) is 2. The zero-order chi connectivity index (χ0) is 11.5. The van der Waals surface area contributed by atoms with Gasteiger partial charge in [-0.1, -0.05) is 19.1 Å². The van der Waals surface area contributed by atoms with Gasteiger partial charge in [-0.05, 0) is 18.1 Å². The highest BCUT2D eigenvalue weighted by Gasteiger charge is 2.13. The quantitative estimate of drug-likeness (QED) is 0.605. The second-order valence-corrected chi connectivity index (χ2v) is 3.91. The minimum absolute atomic E-state index is 0.0350. The van der Waals surface area contributed by atoms with E-state index in [0.29, 0.717) is 13.1 Å². The van der Waals surface area contributed by atoms with Crippen LogP contribution >= 0.6 is 0 Å². The topological polar surface area (TPSA) is 25.2 Å². The Hall–Kier alpha value is -1.95. The van der Waals surface area contributed by atoms with Gasteiger partial charge in [0, 0.05) is 30.9 Å². The summed E-state index contributed by atoms with van der Waals surface area (Å²) in [4.78, 5) is 13.6. The van der Waals surface area contributed by atoms with Gasteiger partial charge in [-0.2, -0.15) is 0 Å². The van der Waals surface area contributed by atoms with Crippen molar-refractivity contribution in [3.05, 3.63) is 40.8 Å². The maximum absolute atomic E-state index is 11.7. The Balaban J connectivity index is 2.43. The van der Waals surface area contributed by atoms with Crippen LogP contribution in [0.3, 0.4) is 0 Å². The fourth-order valence-electron chi connectivity index (χ4n) is 1.98. The van der Waals surface area contributed by atoms with E-state index in [1.54, 1.807) is 16.7 Å². The Morgan fingerprint density at radius 3 is 2.94 bits per heavy atom. The van der Waals surface area contributed by atoms with E-state index < -0.39 is 0 Å². The van der Waals surface area contributed by atoms with Crippen LogP contribution in [0, 0.1) is 12.5 Å². The lowest BCUT2D eigenvalue weighted by atomic mass is 10.1. The van der Waals surface area contributed by atoms with E-state index >= 15 is 0 Å². The zero-order valence-electron chi connectivity index (χ0n) is 9.15. The van der Waals surface area contributed by atoms with E-state index in [4.69, 9.17) is 6.42 Å². The minimum Gasteiger partial charge on any atom is -0.328 e. The van der Waals surface area contributed by atoms with Crippen molar-refractivity contribution in [3.63, 3.8) is 0 Å². The largest absolute Gasteiger partial charge is 0.328 e. The van der Waals surface area contributed by atoms with Crippen LogP contribution in [0.25, 0.3) is 5.57 Å². The van der Waals surface area contributed by atoms with Crippen molar-refractivity contribution in [1.29, 1.82) is 0 Å². The summed E-state index contributed by atoms with van der Waals surface area (Å²) in [6.07, 6.45) is 6.29. The lowest BCUT2D eigenvalue weighted by Gasteiger charge is -2.24. The van der Waals surface area contributed by atoms with E-state index in [-0.39, 0.29) is 5.56 Å². The molecule has 0 bridgehead atoms. The number of terminal acetylenes is 1. The third-order valence-electron chi connectivity index (χ3n) is 2.79. The van der Waals surface area contributed by atoms with Crippen LogP contribution in [0.1, 0.15) is 12.1 Å². The van der Waals surface area contributed by atoms with Gasteiger partial charge in [0.15, 0.2) is 0 Å². The number of fused-ring (bicyclic) bond motifs is 1. The van der Waals surface area contributed by atoms with Crippen molar-refractivity contribution < 1.29 is 0 Å². The van der Waals surface area contributed by atoms with Gasteiger partial charge in [0.25, 0.3) is 5.56 Å². The van der Waals surface area contributed by atoms with Crippen molar-refractivity contribution in [2.24, 2.45) is 0 Å². The second kappa shape index (κ2) is 4.28. The molecule has 16 heavy (non-hydrogen) atoms. The summed E-state index contributed by atoms with van der Waals surface area (Å²) in [6, 6.07) is 7.90. The molecule has 0 saturated heterocycles. The van der Waals surface area contributed by atoms with Crippen molar-refractivity contribution in [2.75, 3.05) is 13.1 Å². The molecule has 2 heterocycles. The molecule has 1 aliphatic rings. The molecule has 0 saturated carbocycles. The number of nitrogens with zero attached hydrogens (tertiary/aromatic N) is 2. The Kier molecular flexibility index (Phi) is 2.82. The van der Waals surface area contributed by atoms with Gasteiger partial charge in [-0.25, -0.2) is 0 Å². The first-order valence-corrected chi connectivity index (χ1v) is 5.31. The van der Waals surface area contributed by atoms with Gasteiger partial charge in [-0.15, -0.1) is 0 Å². The van der Waals surface area contributed by atoms with Gasteiger partial charge in [0.1, 0.15) is 0 Å². The average molecular weight is 214 g/mol. The van der Waals surface area contributed by atoms with E-state index in [1.165, 1.54) is 0 Å². The van der Waals surface area contributed by atoms with Gasteiger partial charge < -0.3 is 9.47 Å². The Morgan fingerprint density at radius 2 is 2.19 bits per heavy atom. The van der Waals surface area contributed by atoms with Crippen LogP contribution in [0.5, 0.6) is 0 Å². The Labute approximate surface area is 95.0 Å². The Morgan fingerprint density at radius 1 is 1.38 bits per heavy atom. The number of pyridine rings is 1. The number of hydrogen-bond donors (Lipinski definition) is 0. The molecule has 0 unspecified atom stereocenters. The summed E-state index contributed by atoms with van der Waals surface area (Å²) < 4.78 is 1.77. The van der Waals surface area contributed by atoms with Crippen molar-refractivity contribution in [2.45, 2.75) is 13.0 Å². The first kappa shape index (κ1) is 10.6. The van der Waals surface area contributed by atoms with Crippen LogP contribution in [0.2, 0.25) is 0 Å². The molecule has 0 radical (unpaired) electrons. The smallest absolute Gasteiger partial charge is 0.250 e. The highest BCUT2D eigenvalue weighted by atomic mass is 16.1. The average Bonchev–Trinajstić information content (AvgIpc) is 2.26. The lowest BCUT2D eigenvalue weighted by Crippen LogP contribution is -2.30. The lowest BCUT2D eigenvalue weighted by molar-refractivity contribution is 0.403. The normalized spacial score (nSPS) is 15.9. The zero-order valence-corrected chi connectivity index (χ0v) is 9.15. The van der Waals surface area contributed by atoms with E-state index in [9.17, 15) is 4.79 Å². The molecule has 1 aromatic rings. The third-order valence-corrected chi connectivity index (χ3v) is 2.79.